The van der Waals surface area contributed by atoms with Gasteiger partial charge < -0.3 is 10.6 Å². The minimum absolute atomic E-state index is 0.487. The summed E-state index contributed by atoms with van der Waals surface area (Å²) in [6, 6.07) is 9.41. The number of nitrogens with zero attached hydrogens (tertiary/aromatic N) is 2. The Hall–Kier alpha value is -1.72. The zero-order valence-corrected chi connectivity index (χ0v) is 11.9. The first-order valence-corrected chi connectivity index (χ1v) is 6.51. The minimum atomic E-state index is 0.487. The van der Waals surface area contributed by atoms with Gasteiger partial charge in [-0.3, -0.25) is 0 Å². The lowest BCUT2D eigenvalue weighted by Crippen LogP contribution is -2.28. The number of benzene rings is 1. The highest BCUT2D eigenvalue weighted by Crippen LogP contribution is 2.09. The molecular weight excluding hydrogens is 280 g/mol. The normalized spacial score (nSPS) is 10.0. The lowest BCUT2D eigenvalue weighted by molar-refractivity contribution is 0.922. The minimum Gasteiger partial charge on any atom is -0.358 e. The van der Waals surface area contributed by atoms with Crippen LogP contribution in [0.3, 0.4) is 0 Å². The van der Waals surface area contributed by atoms with Crippen LogP contribution >= 0.6 is 23.8 Å². The van der Waals surface area contributed by atoms with Crippen LogP contribution in [0.25, 0.3) is 0 Å². The fraction of sp³-hybridized carbons (Fsp3) is 0.154. The molecule has 0 aliphatic heterocycles. The predicted octanol–water partition coefficient (Wildman–Crippen LogP) is 2.93. The molecule has 0 unspecified atom stereocenters. The summed E-state index contributed by atoms with van der Waals surface area (Å²) in [5.74, 6) is 0.494. The third kappa shape index (κ3) is 4.46. The van der Waals surface area contributed by atoms with Gasteiger partial charge in [0.2, 0.25) is 5.95 Å². The summed E-state index contributed by atoms with van der Waals surface area (Å²) in [6.45, 7) is 2.52. The number of aromatic nitrogens is 2. The molecule has 1 aromatic heterocycles. The van der Waals surface area contributed by atoms with Gasteiger partial charge in [-0.25, -0.2) is 9.97 Å². The van der Waals surface area contributed by atoms with Crippen LogP contribution < -0.4 is 10.6 Å². The molecule has 0 bridgehead atoms. The van der Waals surface area contributed by atoms with Crippen LogP contribution in [-0.2, 0) is 6.54 Å². The van der Waals surface area contributed by atoms with Gasteiger partial charge in [-0.15, -0.1) is 0 Å². The van der Waals surface area contributed by atoms with Crippen LogP contribution in [0.1, 0.15) is 11.3 Å². The van der Waals surface area contributed by atoms with Crippen LogP contribution in [0.4, 0.5) is 5.95 Å². The van der Waals surface area contributed by atoms with Gasteiger partial charge in [0.25, 0.3) is 0 Å². The standard InChI is InChI=1S/C13H13ClN4S/c1-9-6-7-15-12(17-9)18-13(19)16-8-10-2-4-11(14)5-3-10/h2-7H,8H2,1H3,(H2,15,16,17,18,19). The molecule has 0 aliphatic carbocycles. The number of rotatable bonds is 3. The second kappa shape index (κ2) is 6.45. The highest BCUT2D eigenvalue weighted by Gasteiger charge is 2.00. The van der Waals surface area contributed by atoms with Gasteiger partial charge in [-0.2, -0.15) is 0 Å². The largest absolute Gasteiger partial charge is 0.358 e. The summed E-state index contributed by atoms with van der Waals surface area (Å²) >= 11 is 11.0. The average Bonchev–Trinajstić information content (AvgIpc) is 2.38. The molecule has 19 heavy (non-hydrogen) atoms. The maximum atomic E-state index is 5.82. The van der Waals surface area contributed by atoms with E-state index in [4.69, 9.17) is 23.8 Å². The Morgan fingerprint density at radius 2 is 2.00 bits per heavy atom. The van der Waals surface area contributed by atoms with Gasteiger partial charge in [0.05, 0.1) is 0 Å². The smallest absolute Gasteiger partial charge is 0.229 e. The van der Waals surface area contributed by atoms with Crippen molar-refractivity contribution in [2.45, 2.75) is 13.5 Å². The zero-order valence-electron chi connectivity index (χ0n) is 10.4. The third-order valence-corrected chi connectivity index (χ3v) is 2.88. The van der Waals surface area contributed by atoms with Crippen molar-refractivity contribution in [1.29, 1.82) is 0 Å². The summed E-state index contributed by atoms with van der Waals surface area (Å²) < 4.78 is 0. The molecule has 0 spiro atoms. The summed E-state index contributed by atoms with van der Waals surface area (Å²) in [7, 11) is 0. The molecule has 1 aromatic carbocycles. The average molecular weight is 293 g/mol. The molecule has 0 saturated carbocycles. The summed E-state index contributed by atoms with van der Waals surface area (Å²) in [5, 5.41) is 7.23. The van der Waals surface area contributed by atoms with Crippen molar-refractivity contribution in [2.24, 2.45) is 0 Å². The van der Waals surface area contributed by atoms with Gasteiger partial charge >= 0.3 is 0 Å². The number of aryl methyl sites for hydroxylation is 1. The van der Waals surface area contributed by atoms with E-state index in [2.05, 4.69) is 20.6 Å². The second-order valence-electron chi connectivity index (χ2n) is 3.96. The van der Waals surface area contributed by atoms with Crippen LogP contribution in [-0.4, -0.2) is 15.1 Å². The van der Waals surface area contributed by atoms with Gasteiger partial charge in [0, 0.05) is 23.5 Å². The highest BCUT2D eigenvalue weighted by molar-refractivity contribution is 7.80. The Labute approximate surface area is 122 Å². The molecule has 98 valence electrons. The van der Waals surface area contributed by atoms with Gasteiger partial charge in [0.15, 0.2) is 5.11 Å². The Balaban J connectivity index is 1.86. The van der Waals surface area contributed by atoms with Crippen LogP contribution in [0.2, 0.25) is 5.02 Å². The fourth-order valence-electron chi connectivity index (χ4n) is 1.44. The number of thiocarbonyl (C=S) groups is 1. The van der Waals surface area contributed by atoms with Crippen molar-refractivity contribution < 1.29 is 0 Å². The molecule has 4 nitrogen and oxygen atoms in total. The summed E-state index contributed by atoms with van der Waals surface area (Å²) in [4.78, 5) is 8.29. The number of nitrogens with one attached hydrogen (secondary N) is 2. The molecule has 0 atom stereocenters. The van der Waals surface area contributed by atoms with E-state index in [1.165, 1.54) is 0 Å². The molecular formula is C13H13ClN4S. The fourth-order valence-corrected chi connectivity index (χ4v) is 1.73. The van der Waals surface area contributed by atoms with Crippen LogP contribution in [0.15, 0.2) is 36.5 Å². The van der Waals surface area contributed by atoms with E-state index in [9.17, 15) is 0 Å². The predicted molar refractivity (Wildman–Crippen MR) is 81.3 cm³/mol. The van der Waals surface area contributed by atoms with E-state index in [-0.39, 0.29) is 0 Å². The first kappa shape index (κ1) is 13.7. The van der Waals surface area contributed by atoms with Crippen molar-refractivity contribution >= 4 is 34.9 Å². The number of halogens is 1. The molecule has 0 fully saturated rings. The maximum absolute atomic E-state index is 5.82. The quantitative estimate of drug-likeness (QED) is 0.852. The van der Waals surface area contributed by atoms with E-state index < -0.39 is 0 Å². The van der Waals surface area contributed by atoms with Crippen molar-refractivity contribution in [2.75, 3.05) is 5.32 Å². The van der Waals surface area contributed by atoms with Gasteiger partial charge in [-0.05, 0) is 42.9 Å². The van der Waals surface area contributed by atoms with Crippen molar-refractivity contribution in [3.05, 3.63) is 52.8 Å². The van der Waals surface area contributed by atoms with Gasteiger partial charge in [-0.1, -0.05) is 23.7 Å². The first-order chi connectivity index (χ1) is 9.13. The molecule has 2 rings (SSSR count). The lowest BCUT2D eigenvalue weighted by Gasteiger charge is -2.09. The molecule has 0 saturated heterocycles. The van der Waals surface area contributed by atoms with E-state index in [1.807, 2.05) is 37.3 Å². The molecule has 6 heteroatoms. The van der Waals surface area contributed by atoms with E-state index >= 15 is 0 Å². The third-order valence-electron chi connectivity index (χ3n) is 2.39. The van der Waals surface area contributed by atoms with Crippen molar-refractivity contribution in [3.63, 3.8) is 0 Å². The summed E-state index contributed by atoms with van der Waals surface area (Å²) in [6.07, 6.45) is 1.69. The maximum Gasteiger partial charge on any atom is 0.229 e. The van der Waals surface area contributed by atoms with E-state index in [0.717, 1.165) is 16.3 Å². The Morgan fingerprint density at radius 1 is 1.26 bits per heavy atom. The molecule has 0 radical (unpaired) electrons. The number of hydrogen-bond acceptors (Lipinski definition) is 3. The topological polar surface area (TPSA) is 49.8 Å². The van der Waals surface area contributed by atoms with E-state index in [1.54, 1.807) is 6.20 Å². The SMILES string of the molecule is Cc1ccnc(NC(=S)NCc2ccc(Cl)cc2)n1. The monoisotopic (exact) mass is 292 g/mol. The van der Waals surface area contributed by atoms with E-state index in [0.29, 0.717) is 17.6 Å². The van der Waals surface area contributed by atoms with Crippen molar-refractivity contribution in [1.82, 2.24) is 15.3 Å². The molecule has 0 amide bonds. The van der Waals surface area contributed by atoms with Crippen molar-refractivity contribution in [3.8, 4) is 0 Å². The first-order valence-electron chi connectivity index (χ1n) is 5.72. The van der Waals surface area contributed by atoms with Crippen LogP contribution in [0.5, 0.6) is 0 Å². The highest BCUT2D eigenvalue weighted by atomic mass is 35.5. The molecule has 1 heterocycles. The Morgan fingerprint density at radius 3 is 2.68 bits per heavy atom. The molecule has 0 aliphatic rings. The molecule has 2 aromatic rings. The van der Waals surface area contributed by atoms with Gasteiger partial charge in [0.1, 0.15) is 0 Å². The Bertz CT molecular complexity index is 571. The zero-order chi connectivity index (χ0) is 13.7. The van der Waals surface area contributed by atoms with Crippen LogP contribution in [0, 0.1) is 6.92 Å². The Kier molecular flexibility index (Phi) is 4.65. The number of anilines is 1. The summed E-state index contributed by atoms with van der Waals surface area (Å²) in [5.41, 5.74) is 1.98. The second-order valence-corrected chi connectivity index (χ2v) is 4.80. The molecule has 2 N–H and O–H groups in total. The lowest BCUT2D eigenvalue weighted by atomic mass is 10.2. The number of hydrogen-bond donors (Lipinski definition) is 2.